The van der Waals surface area contributed by atoms with Gasteiger partial charge in [-0.3, -0.25) is 9.59 Å². The molecule has 0 radical (unpaired) electrons. The molecule has 4 unspecified atom stereocenters. The number of ketones is 1. The van der Waals surface area contributed by atoms with Crippen LogP contribution in [0.1, 0.15) is 63.5 Å². The average Bonchev–Trinajstić information content (AvgIpc) is 3.35. The van der Waals surface area contributed by atoms with E-state index in [1.54, 1.807) is 24.1 Å². The second-order valence-corrected chi connectivity index (χ2v) is 12.2. The third kappa shape index (κ3) is 4.32. The van der Waals surface area contributed by atoms with Crippen molar-refractivity contribution in [2.75, 3.05) is 25.2 Å². The molecule has 3 heterocycles. The number of unbranched alkanes of at least 4 members (excludes halogenated alkanes) is 1. The first kappa shape index (κ1) is 24.2. The van der Waals surface area contributed by atoms with Crippen molar-refractivity contribution in [2.45, 2.75) is 70.1 Å². The zero-order valence-electron chi connectivity index (χ0n) is 20.3. The summed E-state index contributed by atoms with van der Waals surface area (Å²) in [5.74, 6) is 0.457. The van der Waals surface area contributed by atoms with Crippen LogP contribution in [0.25, 0.3) is 0 Å². The highest BCUT2D eigenvalue weighted by Gasteiger charge is 2.54. The maximum Gasteiger partial charge on any atom is 0.290 e. The molecule has 0 spiro atoms. The van der Waals surface area contributed by atoms with Crippen molar-refractivity contribution in [1.82, 2.24) is 4.90 Å². The predicted octanol–water partition coefficient (Wildman–Crippen LogP) is 3.36. The van der Waals surface area contributed by atoms with Crippen LogP contribution in [0, 0.1) is 5.92 Å². The van der Waals surface area contributed by atoms with Crippen molar-refractivity contribution in [3.8, 4) is 11.5 Å². The molecular formula is C26H33NO7S. The van der Waals surface area contributed by atoms with E-state index in [-0.39, 0.29) is 41.0 Å². The lowest BCUT2D eigenvalue weighted by Gasteiger charge is -2.35. The van der Waals surface area contributed by atoms with E-state index in [9.17, 15) is 18.0 Å². The van der Waals surface area contributed by atoms with Gasteiger partial charge in [-0.05, 0) is 49.8 Å². The number of carbonyl (C=O) groups is 2. The molecule has 2 fully saturated rings. The minimum absolute atomic E-state index is 0.0341. The number of benzene rings is 1. The van der Waals surface area contributed by atoms with E-state index in [1.165, 1.54) is 0 Å². The van der Waals surface area contributed by atoms with Crippen LogP contribution >= 0.6 is 0 Å². The zero-order chi connectivity index (χ0) is 24.7. The fourth-order valence-electron chi connectivity index (χ4n) is 5.86. The van der Waals surface area contributed by atoms with E-state index >= 15 is 0 Å². The fourth-order valence-corrected chi connectivity index (χ4v) is 7.57. The number of sulfone groups is 1. The summed E-state index contributed by atoms with van der Waals surface area (Å²) in [5.41, 5.74) is 1.06. The molecule has 8 nitrogen and oxygen atoms in total. The summed E-state index contributed by atoms with van der Waals surface area (Å²) < 4.78 is 42.3. The highest BCUT2D eigenvalue weighted by atomic mass is 32.2. The van der Waals surface area contributed by atoms with Crippen molar-refractivity contribution in [1.29, 1.82) is 0 Å². The van der Waals surface area contributed by atoms with Gasteiger partial charge in [0.15, 0.2) is 32.9 Å². The minimum atomic E-state index is -3.24. The first-order chi connectivity index (χ1) is 16.8. The monoisotopic (exact) mass is 503 g/mol. The molecule has 1 aliphatic carbocycles. The van der Waals surface area contributed by atoms with Crippen LogP contribution in [0.4, 0.5) is 0 Å². The highest BCUT2D eigenvalue weighted by Crippen LogP contribution is 2.49. The summed E-state index contributed by atoms with van der Waals surface area (Å²) in [7, 11) is -1.69. The van der Waals surface area contributed by atoms with Gasteiger partial charge in [0.1, 0.15) is 6.10 Å². The molecule has 1 aromatic carbocycles. The van der Waals surface area contributed by atoms with Gasteiger partial charge in [-0.2, -0.15) is 0 Å². The summed E-state index contributed by atoms with van der Waals surface area (Å²) in [6.45, 7) is 2.65. The summed E-state index contributed by atoms with van der Waals surface area (Å²) in [6, 6.07) is 4.23. The van der Waals surface area contributed by atoms with Crippen LogP contribution < -0.4 is 9.47 Å². The van der Waals surface area contributed by atoms with Crippen molar-refractivity contribution in [3.63, 3.8) is 0 Å². The molecule has 1 aromatic rings. The van der Waals surface area contributed by atoms with Gasteiger partial charge >= 0.3 is 0 Å². The largest absolute Gasteiger partial charge is 0.493 e. The summed E-state index contributed by atoms with van der Waals surface area (Å²) in [4.78, 5) is 29.0. The maximum atomic E-state index is 13.8. The Labute approximate surface area is 206 Å². The normalized spacial score (nSPS) is 29.6. The van der Waals surface area contributed by atoms with Gasteiger partial charge in [-0.15, -0.1) is 0 Å². The quantitative estimate of drug-likeness (QED) is 0.526. The van der Waals surface area contributed by atoms with Gasteiger partial charge in [-0.1, -0.05) is 25.8 Å². The van der Waals surface area contributed by atoms with Crippen molar-refractivity contribution < 1.29 is 32.2 Å². The van der Waals surface area contributed by atoms with Crippen LogP contribution in [-0.4, -0.2) is 62.4 Å². The van der Waals surface area contributed by atoms with Gasteiger partial charge in [-0.25, -0.2) is 8.42 Å². The topological polar surface area (TPSA) is 99.2 Å². The SMILES string of the molecule is CCCCOc1ccc(C2C3=C(OC4CCCCC4C3=O)C(=O)N2C2CCS(=O)(=O)C2)cc1OC. The molecule has 3 aliphatic heterocycles. The zero-order valence-corrected chi connectivity index (χ0v) is 21.1. The van der Waals surface area contributed by atoms with Crippen molar-refractivity contribution in [3.05, 3.63) is 35.1 Å². The first-order valence-corrected chi connectivity index (χ1v) is 14.5. The van der Waals surface area contributed by atoms with Gasteiger partial charge in [0, 0.05) is 6.04 Å². The molecule has 1 amide bonds. The number of Topliss-reactive ketones (excluding diaryl/α,β-unsaturated/α-hetero) is 1. The first-order valence-electron chi connectivity index (χ1n) is 12.6. The van der Waals surface area contributed by atoms with Crippen molar-refractivity contribution >= 4 is 21.5 Å². The molecule has 5 rings (SSSR count). The summed E-state index contributed by atoms with van der Waals surface area (Å²) in [6.07, 6.45) is 5.40. The molecule has 9 heteroatoms. The molecule has 0 N–H and O–H groups in total. The second kappa shape index (κ2) is 9.48. The fraction of sp³-hybridized carbons (Fsp3) is 0.615. The summed E-state index contributed by atoms with van der Waals surface area (Å²) in [5, 5.41) is 0. The number of carbonyl (C=O) groups excluding carboxylic acids is 2. The van der Waals surface area contributed by atoms with Gasteiger partial charge in [0.05, 0.1) is 42.8 Å². The number of amides is 1. The highest BCUT2D eigenvalue weighted by molar-refractivity contribution is 7.91. The Balaban J connectivity index is 1.56. The Kier molecular flexibility index (Phi) is 6.55. The lowest BCUT2D eigenvalue weighted by molar-refractivity contribution is -0.136. The third-order valence-electron chi connectivity index (χ3n) is 7.66. The smallest absolute Gasteiger partial charge is 0.290 e. The number of rotatable bonds is 7. The molecule has 1 saturated carbocycles. The number of hydrogen-bond donors (Lipinski definition) is 0. The Hall–Kier alpha value is -2.55. The number of methoxy groups -OCH3 is 1. The lowest BCUT2D eigenvalue weighted by Crippen LogP contribution is -2.41. The Morgan fingerprint density at radius 1 is 1.11 bits per heavy atom. The maximum absolute atomic E-state index is 13.8. The van der Waals surface area contributed by atoms with E-state index in [0.717, 1.165) is 38.5 Å². The molecule has 35 heavy (non-hydrogen) atoms. The number of hydrogen-bond acceptors (Lipinski definition) is 7. The number of fused-ring (bicyclic) bond motifs is 1. The van der Waals surface area contributed by atoms with Gasteiger partial charge < -0.3 is 19.1 Å². The van der Waals surface area contributed by atoms with E-state index < -0.39 is 21.9 Å². The van der Waals surface area contributed by atoms with E-state index in [4.69, 9.17) is 14.2 Å². The average molecular weight is 504 g/mol. The van der Waals surface area contributed by atoms with Crippen LogP contribution in [0.15, 0.2) is 29.5 Å². The van der Waals surface area contributed by atoms with E-state index in [1.807, 2.05) is 6.07 Å². The standard InChI is InChI=1S/C26H33NO7S/c1-3-4-12-33-20-10-9-16(14-21(20)32-2)23-22-24(28)18-7-5-6-8-19(18)34-25(22)26(29)27(23)17-11-13-35(30,31)15-17/h9-10,14,17-19,23H,3-8,11-13,15H2,1-2H3. The molecule has 1 saturated heterocycles. The van der Waals surface area contributed by atoms with Crippen LogP contribution in [-0.2, 0) is 24.2 Å². The second-order valence-electron chi connectivity index (χ2n) is 9.94. The van der Waals surface area contributed by atoms with Crippen LogP contribution in [0.5, 0.6) is 11.5 Å². The molecule has 4 atom stereocenters. The molecule has 0 aromatic heterocycles. The Bertz CT molecular complexity index is 1160. The van der Waals surface area contributed by atoms with Crippen molar-refractivity contribution in [2.24, 2.45) is 5.92 Å². The number of ether oxygens (including phenoxy) is 3. The lowest BCUT2D eigenvalue weighted by atomic mass is 9.77. The predicted molar refractivity (Wildman–Crippen MR) is 129 cm³/mol. The van der Waals surface area contributed by atoms with Gasteiger partial charge in [0.2, 0.25) is 0 Å². The van der Waals surface area contributed by atoms with Crippen LogP contribution in [0.2, 0.25) is 0 Å². The molecule has 0 bridgehead atoms. The minimum Gasteiger partial charge on any atom is -0.493 e. The van der Waals surface area contributed by atoms with Gasteiger partial charge in [0.25, 0.3) is 5.91 Å². The summed E-state index contributed by atoms with van der Waals surface area (Å²) >= 11 is 0. The van der Waals surface area contributed by atoms with E-state index in [0.29, 0.717) is 35.7 Å². The molecule has 190 valence electrons. The number of nitrogens with zero attached hydrogens (tertiary/aromatic N) is 1. The third-order valence-corrected chi connectivity index (χ3v) is 9.41. The molecule has 4 aliphatic rings. The Morgan fingerprint density at radius 3 is 2.63 bits per heavy atom. The Morgan fingerprint density at radius 2 is 1.91 bits per heavy atom. The van der Waals surface area contributed by atoms with E-state index in [2.05, 4.69) is 6.92 Å². The molecular weight excluding hydrogens is 470 g/mol. The van der Waals surface area contributed by atoms with Crippen LogP contribution in [0.3, 0.4) is 0 Å².